The maximum absolute atomic E-state index is 12.1. The first kappa shape index (κ1) is 22.5. The molecule has 0 bridgehead atoms. The molecule has 35 heavy (non-hydrogen) atoms. The molecule has 2 aromatic heterocycles. The van der Waals surface area contributed by atoms with Gasteiger partial charge in [-0.1, -0.05) is 24.8 Å². The van der Waals surface area contributed by atoms with Gasteiger partial charge in [0.1, 0.15) is 28.4 Å². The van der Waals surface area contributed by atoms with Crippen LogP contribution in [0.15, 0.2) is 73.4 Å². The fourth-order valence-corrected chi connectivity index (χ4v) is 4.27. The Balaban J connectivity index is 1.36. The molecule has 1 aliphatic heterocycles. The molecule has 178 valence electrons. The number of carbonyl (C=O) groups is 1. The molecule has 8 nitrogen and oxygen atoms in total. The van der Waals surface area contributed by atoms with Crippen LogP contribution in [0.3, 0.4) is 0 Å². The average Bonchev–Trinajstić information content (AvgIpc) is 3.29. The molecule has 1 atom stereocenters. The number of amides is 1. The van der Waals surface area contributed by atoms with Gasteiger partial charge in [-0.15, -0.1) is 0 Å². The zero-order valence-corrected chi connectivity index (χ0v) is 19.5. The molecule has 1 aliphatic rings. The third kappa shape index (κ3) is 4.96. The van der Waals surface area contributed by atoms with Gasteiger partial charge in [0.25, 0.3) is 0 Å². The Morgan fingerprint density at radius 3 is 2.77 bits per heavy atom. The van der Waals surface area contributed by atoms with Crippen molar-refractivity contribution in [3.05, 3.63) is 79.0 Å². The predicted octanol–water partition coefficient (Wildman–Crippen LogP) is 5.44. The molecule has 0 radical (unpaired) electrons. The summed E-state index contributed by atoms with van der Waals surface area (Å²) in [6, 6.07) is 17.3. The molecular weight excluding hydrogens is 442 g/mol. The second-order valence-electron chi connectivity index (χ2n) is 8.52. The summed E-state index contributed by atoms with van der Waals surface area (Å²) in [5.74, 6) is 3.47. The Bertz CT molecular complexity index is 1350. The Morgan fingerprint density at radius 1 is 1.14 bits per heavy atom. The number of aromatic nitrogens is 3. The van der Waals surface area contributed by atoms with Gasteiger partial charge in [-0.05, 0) is 61.7 Å². The van der Waals surface area contributed by atoms with Crippen molar-refractivity contribution in [2.75, 3.05) is 18.4 Å². The zero-order chi connectivity index (χ0) is 24.2. The van der Waals surface area contributed by atoms with E-state index in [-0.39, 0.29) is 11.9 Å². The van der Waals surface area contributed by atoms with Crippen LogP contribution in [-0.4, -0.2) is 45.1 Å². The number of aromatic amines is 1. The van der Waals surface area contributed by atoms with Crippen LogP contribution in [0.5, 0.6) is 23.0 Å². The van der Waals surface area contributed by atoms with Crippen molar-refractivity contribution in [3.63, 3.8) is 0 Å². The highest BCUT2D eigenvalue weighted by atomic mass is 16.5. The fraction of sp³-hybridized carbons (Fsp3) is 0.222. The highest BCUT2D eigenvalue weighted by Crippen LogP contribution is 2.35. The van der Waals surface area contributed by atoms with Crippen LogP contribution in [-0.2, 0) is 4.79 Å². The van der Waals surface area contributed by atoms with Gasteiger partial charge < -0.3 is 19.7 Å². The number of para-hydroxylation sites is 1. The quantitative estimate of drug-likeness (QED) is 0.350. The molecule has 1 fully saturated rings. The normalized spacial score (nSPS) is 15.6. The number of rotatable bonds is 7. The number of H-pyrrole nitrogens is 1. The number of hydrogen-bond acceptors (Lipinski definition) is 6. The summed E-state index contributed by atoms with van der Waals surface area (Å²) in [4.78, 5) is 18.3. The number of anilines is 1. The summed E-state index contributed by atoms with van der Waals surface area (Å²) < 4.78 is 12.3. The Kier molecular flexibility index (Phi) is 6.34. The van der Waals surface area contributed by atoms with Crippen LogP contribution in [0.2, 0.25) is 0 Å². The molecule has 0 spiro atoms. The van der Waals surface area contributed by atoms with E-state index in [0.29, 0.717) is 29.5 Å². The molecule has 0 aliphatic carbocycles. The van der Waals surface area contributed by atoms with Crippen molar-refractivity contribution in [3.8, 4) is 23.0 Å². The van der Waals surface area contributed by atoms with Crippen LogP contribution in [0, 0.1) is 6.92 Å². The molecule has 2 N–H and O–H groups in total. The Hall–Kier alpha value is -4.33. The highest BCUT2D eigenvalue weighted by Gasteiger charge is 2.24. The molecule has 1 amide bonds. The zero-order valence-electron chi connectivity index (χ0n) is 19.5. The van der Waals surface area contributed by atoms with Crippen molar-refractivity contribution < 1.29 is 14.3 Å². The van der Waals surface area contributed by atoms with Crippen molar-refractivity contribution in [1.82, 2.24) is 20.1 Å². The van der Waals surface area contributed by atoms with E-state index in [2.05, 4.69) is 27.1 Å². The SMILES string of the molecule is C=CC(=O)N1CCC[C@@H](Nc2n[nH]c3nccc(Oc4ccc(Oc5ccccc5)c(C)c4)c23)C1. The van der Waals surface area contributed by atoms with Crippen molar-refractivity contribution >= 4 is 22.8 Å². The lowest BCUT2D eigenvalue weighted by Crippen LogP contribution is -2.44. The van der Waals surface area contributed by atoms with E-state index in [9.17, 15) is 4.79 Å². The second-order valence-corrected chi connectivity index (χ2v) is 8.52. The fourth-order valence-electron chi connectivity index (χ4n) is 4.27. The molecule has 8 heteroatoms. The first-order chi connectivity index (χ1) is 17.1. The lowest BCUT2D eigenvalue weighted by Gasteiger charge is -2.32. The van der Waals surface area contributed by atoms with Gasteiger partial charge in [-0.2, -0.15) is 5.10 Å². The van der Waals surface area contributed by atoms with Crippen molar-refractivity contribution in [2.45, 2.75) is 25.8 Å². The molecular formula is C27H27N5O3. The second kappa shape index (κ2) is 9.89. The van der Waals surface area contributed by atoms with Gasteiger partial charge in [-0.25, -0.2) is 4.98 Å². The van der Waals surface area contributed by atoms with E-state index >= 15 is 0 Å². The number of piperidine rings is 1. The number of ether oxygens (including phenoxy) is 2. The van der Waals surface area contributed by atoms with E-state index in [4.69, 9.17) is 9.47 Å². The number of fused-ring (bicyclic) bond motifs is 1. The third-order valence-electron chi connectivity index (χ3n) is 6.02. The lowest BCUT2D eigenvalue weighted by molar-refractivity contribution is -0.127. The van der Waals surface area contributed by atoms with Crippen LogP contribution in [0.4, 0.5) is 5.82 Å². The Labute approximate surface area is 203 Å². The van der Waals surface area contributed by atoms with Gasteiger partial charge >= 0.3 is 0 Å². The number of benzene rings is 2. The van der Waals surface area contributed by atoms with Crippen LogP contribution < -0.4 is 14.8 Å². The van der Waals surface area contributed by atoms with Crippen LogP contribution in [0.25, 0.3) is 11.0 Å². The maximum Gasteiger partial charge on any atom is 0.246 e. The molecule has 0 unspecified atom stereocenters. The van der Waals surface area contributed by atoms with Crippen molar-refractivity contribution in [2.24, 2.45) is 0 Å². The van der Waals surface area contributed by atoms with Crippen LogP contribution >= 0.6 is 0 Å². The van der Waals surface area contributed by atoms with Crippen molar-refractivity contribution in [1.29, 1.82) is 0 Å². The summed E-state index contributed by atoms with van der Waals surface area (Å²) in [5, 5.41) is 11.7. The van der Waals surface area contributed by atoms with Gasteiger partial charge in [0.15, 0.2) is 11.5 Å². The first-order valence-corrected chi connectivity index (χ1v) is 11.6. The van der Waals surface area contributed by atoms with E-state index in [1.54, 1.807) is 11.1 Å². The maximum atomic E-state index is 12.1. The topological polar surface area (TPSA) is 92.4 Å². The summed E-state index contributed by atoms with van der Waals surface area (Å²) in [5.41, 5.74) is 1.58. The molecule has 3 heterocycles. The number of carbonyl (C=O) groups excluding carboxylic acids is 1. The number of likely N-dealkylation sites (tertiary alicyclic amines) is 1. The Morgan fingerprint density at radius 2 is 1.97 bits per heavy atom. The van der Waals surface area contributed by atoms with E-state index < -0.39 is 0 Å². The monoisotopic (exact) mass is 469 g/mol. The number of nitrogens with zero attached hydrogens (tertiary/aromatic N) is 3. The minimum absolute atomic E-state index is 0.0517. The largest absolute Gasteiger partial charge is 0.457 e. The smallest absolute Gasteiger partial charge is 0.246 e. The summed E-state index contributed by atoms with van der Waals surface area (Å²) >= 11 is 0. The molecule has 4 aromatic rings. The minimum Gasteiger partial charge on any atom is -0.457 e. The molecule has 5 rings (SSSR count). The predicted molar refractivity (Wildman–Crippen MR) is 135 cm³/mol. The lowest BCUT2D eigenvalue weighted by atomic mass is 10.1. The van der Waals surface area contributed by atoms with Gasteiger partial charge in [0, 0.05) is 31.4 Å². The van der Waals surface area contributed by atoms with E-state index in [1.807, 2.05) is 61.5 Å². The highest BCUT2D eigenvalue weighted by molar-refractivity contribution is 5.93. The van der Waals surface area contributed by atoms with Crippen LogP contribution in [0.1, 0.15) is 18.4 Å². The minimum atomic E-state index is -0.0517. The third-order valence-corrected chi connectivity index (χ3v) is 6.02. The standard InChI is InChI=1S/C27H27N5O3/c1-3-24(33)32-15-7-8-19(17-32)29-27-25-23(13-14-28-26(25)30-31-27)35-21-11-12-22(18(2)16-21)34-20-9-5-4-6-10-20/h3-6,9-14,16,19H,1,7-8,15,17H2,2H3,(H2,28,29,30,31)/t19-/m1/s1. The summed E-state index contributed by atoms with van der Waals surface area (Å²) in [6.07, 6.45) is 4.90. The van der Waals surface area contributed by atoms with Gasteiger partial charge in [-0.3, -0.25) is 9.89 Å². The van der Waals surface area contributed by atoms with Gasteiger partial charge in [0.2, 0.25) is 5.91 Å². The molecule has 0 saturated carbocycles. The summed E-state index contributed by atoms with van der Waals surface area (Å²) in [7, 11) is 0. The number of nitrogens with one attached hydrogen (secondary N) is 2. The molecule has 2 aromatic carbocycles. The summed E-state index contributed by atoms with van der Waals surface area (Å²) in [6.45, 7) is 6.92. The number of hydrogen-bond donors (Lipinski definition) is 2. The number of aryl methyl sites for hydroxylation is 1. The number of pyridine rings is 1. The van der Waals surface area contributed by atoms with Gasteiger partial charge in [0.05, 0.1) is 0 Å². The average molecular weight is 470 g/mol. The first-order valence-electron chi connectivity index (χ1n) is 11.6. The van der Waals surface area contributed by atoms with E-state index in [0.717, 1.165) is 41.8 Å². The molecule has 1 saturated heterocycles. The van der Waals surface area contributed by atoms with E-state index in [1.165, 1.54) is 6.08 Å².